The summed E-state index contributed by atoms with van der Waals surface area (Å²) in [5.74, 6) is -0.167. The van der Waals surface area contributed by atoms with E-state index >= 15 is 0 Å². The zero-order valence-corrected chi connectivity index (χ0v) is 7.70. The zero-order chi connectivity index (χ0) is 9.68. The van der Waals surface area contributed by atoms with Crippen molar-refractivity contribution >= 4 is 5.91 Å². The van der Waals surface area contributed by atoms with Crippen molar-refractivity contribution in [2.24, 2.45) is 0 Å². The molecule has 0 saturated carbocycles. The Bertz CT molecular complexity index is 194. The number of aliphatic hydroxyl groups excluding tert-OH is 1. The maximum absolute atomic E-state index is 10.8. The number of hydrogen-bond donors (Lipinski definition) is 2. The largest absolute Gasteiger partial charge is 0.392 e. The number of likely N-dealkylation sites (tertiary alicyclic amines) is 1. The van der Waals surface area contributed by atoms with Gasteiger partial charge in [-0.3, -0.25) is 9.69 Å². The molecule has 1 heterocycles. The third-order valence-electron chi connectivity index (χ3n) is 2.14. The summed E-state index contributed by atoms with van der Waals surface area (Å²) in [6, 6.07) is 0. The highest BCUT2D eigenvalue weighted by atomic mass is 16.3. The fourth-order valence-electron chi connectivity index (χ4n) is 1.44. The predicted octanol–water partition coefficient (Wildman–Crippen LogP) is -0.297. The number of carbonyl (C=O) groups is 1. The van der Waals surface area contributed by atoms with E-state index in [4.69, 9.17) is 0 Å². The van der Waals surface area contributed by atoms with Gasteiger partial charge in [0, 0.05) is 13.1 Å². The van der Waals surface area contributed by atoms with Crippen molar-refractivity contribution in [2.45, 2.75) is 18.9 Å². The minimum Gasteiger partial charge on any atom is -0.392 e. The summed E-state index contributed by atoms with van der Waals surface area (Å²) in [5, 5.41) is 12.0. The van der Waals surface area contributed by atoms with Gasteiger partial charge in [-0.05, 0) is 18.9 Å². The van der Waals surface area contributed by atoms with Crippen LogP contribution in [0.3, 0.4) is 0 Å². The standard InChI is InChI=1S/C9H16N2O2/c1-2-9(13)10-7-11-5-3-4-8(12)6-11/h2,8,12H,1,3-7H2,(H,10,13). The second-order valence-electron chi connectivity index (χ2n) is 3.28. The molecule has 4 heteroatoms. The Hall–Kier alpha value is -0.870. The number of nitrogens with one attached hydrogen (secondary N) is 1. The Kier molecular flexibility index (Phi) is 3.92. The van der Waals surface area contributed by atoms with E-state index in [1.165, 1.54) is 6.08 Å². The number of nitrogens with zero attached hydrogens (tertiary/aromatic N) is 1. The average molecular weight is 184 g/mol. The van der Waals surface area contributed by atoms with Crippen molar-refractivity contribution < 1.29 is 9.90 Å². The molecule has 1 amide bonds. The molecule has 13 heavy (non-hydrogen) atoms. The molecule has 0 spiro atoms. The number of β-amino-alcohol motifs (C(OH)–C–C–N with tert-alkyl or cyclic N) is 1. The van der Waals surface area contributed by atoms with Crippen LogP contribution in [-0.4, -0.2) is 41.8 Å². The molecular formula is C9H16N2O2. The molecule has 1 unspecified atom stereocenters. The van der Waals surface area contributed by atoms with E-state index < -0.39 is 0 Å². The summed E-state index contributed by atoms with van der Waals surface area (Å²) in [6.07, 6.45) is 2.87. The lowest BCUT2D eigenvalue weighted by Crippen LogP contribution is -2.44. The number of aliphatic hydroxyl groups is 1. The second kappa shape index (κ2) is 4.99. The average Bonchev–Trinajstić information content (AvgIpc) is 2.14. The lowest BCUT2D eigenvalue weighted by Gasteiger charge is -2.29. The predicted molar refractivity (Wildman–Crippen MR) is 50.0 cm³/mol. The van der Waals surface area contributed by atoms with Crippen molar-refractivity contribution in [2.75, 3.05) is 19.8 Å². The van der Waals surface area contributed by atoms with Crippen molar-refractivity contribution in [3.63, 3.8) is 0 Å². The minimum absolute atomic E-state index is 0.167. The van der Waals surface area contributed by atoms with Crippen LogP contribution in [0.4, 0.5) is 0 Å². The summed E-state index contributed by atoms with van der Waals surface area (Å²) in [7, 11) is 0. The first-order chi connectivity index (χ1) is 6.22. The molecule has 1 aliphatic rings. The second-order valence-corrected chi connectivity index (χ2v) is 3.28. The lowest BCUT2D eigenvalue weighted by atomic mass is 10.1. The van der Waals surface area contributed by atoms with Crippen LogP contribution in [0, 0.1) is 0 Å². The first kappa shape index (κ1) is 10.2. The first-order valence-electron chi connectivity index (χ1n) is 4.53. The summed E-state index contributed by atoms with van der Waals surface area (Å²) in [5.41, 5.74) is 0. The summed E-state index contributed by atoms with van der Waals surface area (Å²) >= 11 is 0. The Morgan fingerprint density at radius 1 is 1.77 bits per heavy atom. The molecule has 4 nitrogen and oxygen atoms in total. The monoisotopic (exact) mass is 184 g/mol. The molecule has 1 aliphatic heterocycles. The molecule has 1 fully saturated rings. The highest BCUT2D eigenvalue weighted by Crippen LogP contribution is 2.07. The number of carbonyl (C=O) groups excluding carboxylic acids is 1. The zero-order valence-electron chi connectivity index (χ0n) is 7.70. The number of rotatable bonds is 3. The van der Waals surface area contributed by atoms with Crippen LogP contribution in [-0.2, 0) is 4.79 Å². The van der Waals surface area contributed by atoms with Gasteiger partial charge >= 0.3 is 0 Å². The highest BCUT2D eigenvalue weighted by molar-refractivity contribution is 5.86. The molecule has 1 atom stereocenters. The van der Waals surface area contributed by atoms with Crippen molar-refractivity contribution in [1.29, 1.82) is 0 Å². The van der Waals surface area contributed by atoms with Crippen LogP contribution in [0.25, 0.3) is 0 Å². The number of amides is 1. The van der Waals surface area contributed by atoms with Gasteiger partial charge in [-0.1, -0.05) is 6.58 Å². The number of hydrogen-bond acceptors (Lipinski definition) is 3. The van der Waals surface area contributed by atoms with Crippen LogP contribution >= 0.6 is 0 Å². The molecule has 0 radical (unpaired) electrons. The maximum atomic E-state index is 10.8. The van der Waals surface area contributed by atoms with E-state index in [1.807, 2.05) is 4.90 Å². The van der Waals surface area contributed by atoms with Crippen molar-refractivity contribution in [3.8, 4) is 0 Å². The third kappa shape index (κ3) is 3.57. The van der Waals surface area contributed by atoms with E-state index in [1.54, 1.807) is 0 Å². The van der Waals surface area contributed by atoms with E-state index in [-0.39, 0.29) is 12.0 Å². The van der Waals surface area contributed by atoms with E-state index in [2.05, 4.69) is 11.9 Å². The molecule has 0 aromatic rings. The topological polar surface area (TPSA) is 52.6 Å². The third-order valence-corrected chi connectivity index (χ3v) is 2.14. The molecule has 0 bridgehead atoms. The molecule has 1 rings (SSSR count). The summed E-state index contributed by atoms with van der Waals surface area (Å²) in [6.45, 7) is 5.45. The molecule has 2 N–H and O–H groups in total. The molecule has 1 saturated heterocycles. The van der Waals surface area contributed by atoms with E-state index in [0.29, 0.717) is 13.2 Å². The SMILES string of the molecule is C=CC(=O)NCN1CCCC(O)C1. The highest BCUT2D eigenvalue weighted by Gasteiger charge is 2.16. The Morgan fingerprint density at radius 2 is 2.54 bits per heavy atom. The van der Waals surface area contributed by atoms with Gasteiger partial charge in [-0.25, -0.2) is 0 Å². The quantitative estimate of drug-likeness (QED) is 0.592. The Labute approximate surface area is 78.2 Å². The van der Waals surface area contributed by atoms with Crippen LogP contribution in [0.2, 0.25) is 0 Å². The molecule has 0 aromatic heterocycles. The van der Waals surface area contributed by atoms with Gasteiger partial charge in [0.1, 0.15) is 0 Å². The van der Waals surface area contributed by atoms with Crippen LogP contribution in [0.1, 0.15) is 12.8 Å². The van der Waals surface area contributed by atoms with E-state index in [9.17, 15) is 9.90 Å². The Balaban J connectivity index is 2.20. The molecule has 74 valence electrons. The summed E-state index contributed by atoms with van der Waals surface area (Å²) in [4.78, 5) is 12.8. The molecular weight excluding hydrogens is 168 g/mol. The fraction of sp³-hybridized carbons (Fsp3) is 0.667. The minimum atomic E-state index is -0.241. The first-order valence-corrected chi connectivity index (χ1v) is 4.53. The van der Waals surface area contributed by atoms with Crippen LogP contribution in [0.5, 0.6) is 0 Å². The van der Waals surface area contributed by atoms with E-state index in [0.717, 1.165) is 19.4 Å². The molecule has 0 aliphatic carbocycles. The smallest absolute Gasteiger partial charge is 0.244 e. The number of piperidine rings is 1. The van der Waals surface area contributed by atoms with Gasteiger partial charge < -0.3 is 10.4 Å². The maximum Gasteiger partial charge on any atom is 0.244 e. The van der Waals surface area contributed by atoms with Gasteiger partial charge in [0.15, 0.2) is 0 Å². The van der Waals surface area contributed by atoms with Crippen LogP contribution < -0.4 is 5.32 Å². The fourth-order valence-corrected chi connectivity index (χ4v) is 1.44. The lowest BCUT2D eigenvalue weighted by molar-refractivity contribution is -0.117. The summed E-state index contributed by atoms with van der Waals surface area (Å²) < 4.78 is 0. The molecule has 0 aromatic carbocycles. The van der Waals surface area contributed by atoms with Crippen molar-refractivity contribution in [1.82, 2.24) is 10.2 Å². The van der Waals surface area contributed by atoms with Gasteiger partial charge in [0.25, 0.3) is 0 Å². The normalized spacial score (nSPS) is 23.9. The van der Waals surface area contributed by atoms with Crippen LogP contribution in [0.15, 0.2) is 12.7 Å². The van der Waals surface area contributed by atoms with Gasteiger partial charge in [0.05, 0.1) is 12.8 Å². The van der Waals surface area contributed by atoms with Crippen molar-refractivity contribution in [3.05, 3.63) is 12.7 Å². The van der Waals surface area contributed by atoms with Gasteiger partial charge in [0.2, 0.25) is 5.91 Å². The van der Waals surface area contributed by atoms with Gasteiger partial charge in [-0.2, -0.15) is 0 Å². The Morgan fingerprint density at radius 3 is 3.15 bits per heavy atom. The van der Waals surface area contributed by atoms with Gasteiger partial charge in [-0.15, -0.1) is 0 Å².